The molecule has 3 aromatic rings. The number of aromatic nitrogens is 1. The monoisotopic (exact) mass is 367 g/mol. The minimum Gasteiger partial charge on any atom is -0.504 e. The maximum absolute atomic E-state index is 9.64. The molecule has 0 saturated carbocycles. The molecule has 0 aliphatic rings. The molecule has 0 aliphatic heterocycles. The van der Waals surface area contributed by atoms with Crippen LogP contribution in [0.5, 0.6) is 11.5 Å². The molecule has 0 radical (unpaired) electrons. The predicted octanol–water partition coefficient (Wildman–Crippen LogP) is 4.19. The molecular formula is C20H21N3O2S. The van der Waals surface area contributed by atoms with E-state index in [9.17, 15) is 5.11 Å². The molecular weight excluding hydrogens is 346 g/mol. The molecule has 0 bridgehead atoms. The van der Waals surface area contributed by atoms with Crippen LogP contribution < -0.4 is 9.54 Å². The van der Waals surface area contributed by atoms with E-state index in [0.717, 1.165) is 22.6 Å². The molecule has 5 nitrogen and oxygen atoms in total. The van der Waals surface area contributed by atoms with Crippen molar-refractivity contribution in [1.82, 2.24) is 4.57 Å². The third-order valence-electron chi connectivity index (χ3n) is 4.02. The van der Waals surface area contributed by atoms with Gasteiger partial charge in [-0.05, 0) is 43.2 Å². The second-order valence-corrected chi connectivity index (χ2v) is 6.63. The highest BCUT2D eigenvalue weighted by Gasteiger charge is 2.06. The van der Waals surface area contributed by atoms with Gasteiger partial charge in [-0.3, -0.25) is 0 Å². The Balaban J connectivity index is 1.91. The summed E-state index contributed by atoms with van der Waals surface area (Å²) in [6.07, 6.45) is 1.65. The van der Waals surface area contributed by atoms with Crippen LogP contribution >= 0.6 is 11.3 Å². The van der Waals surface area contributed by atoms with E-state index in [2.05, 4.69) is 58.3 Å². The average molecular weight is 367 g/mol. The number of thiazole rings is 1. The number of hydrogen-bond donors (Lipinski definition) is 1. The maximum atomic E-state index is 9.64. The van der Waals surface area contributed by atoms with Crippen LogP contribution in [-0.4, -0.2) is 23.0 Å². The van der Waals surface area contributed by atoms with E-state index in [1.807, 2.05) is 0 Å². The Labute approximate surface area is 156 Å². The summed E-state index contributed by atoms with van der Waals surface area (Å²) in [6.45, 7) is 4.99. The first-order valence-corrected chi connectivity index (χ1v) is 9.19. The first-order valence-electron chi connectivity index (χ1n) is 8.31. The highest BCUT2D eigenvalue weighted by molar-refractivity contribution is 7.07. The van der Waals surface area contributed by atoms with Crippen molar-refractivity contribution < 1.29 is 9.84 Å². The molecule has 1 N–H and O–H groups in total. The number of rotatable bonds is 5. The zero-order chi connectivity index (χ0) is 18.5. The number of ether oxygens (including phenoxy) is 1. The lowest BCUT2D eigenvalue weighted by Gasteiger charge is -2.06. The molecule has 0 aliphatic carbocycles. The summed E-state index contributed by atoms with van der Waals surface area (Å²) >= 11 is 1.56. The lowest BCUT2D eigenvalue weighted by atomic mass is 10.1. The van der Waals surface area contributed by atoms with E-state index in [1.165, 1.54) is 18.2 Å². The van der Waals surface area contributed by atoms with Crippen molar-refractivity contribution >= 4 is 17.6 Å². The molecule has 134 valence electrons. The zero-order valence-electron chi connectivity index (χ0n) is 15.0. The van der Waals surface area contributed by atoms with Gasteiger partial charge in [0.25, 0.3) is 0 Å². The first kappa shape index (κ1) is 17.9. The molecule has 26 heavy (non-hydrogen) atoms. The molecule has 2 aromatic carbocycles. The highest BCUT2D eigenvalue weighted by atomic mass is 32.1. The summed E-state index contributed by atoms with van der Waals surface area (Å²) in [5.41, 5.74) is 4.35. The van der Waals surface area contributed by atoms with E-state index in [4.69, 9.17) is 4.74 Å². The quantitative estimate of drug-likeness (QED) is 0.543. The second-order valence-electron chi connectivity index (χ2n) is 5.79. The van der Waals surface area contributed by atoms with Crippen LogP contribution in [0.1, 0.15) is 18.1 Å². The fourth-order valence-electron chi connectivity index (χ4n) is 2.59. The topological polar surface area (TPSA) is 59.1 Å². The number of benzene rings is 2. The summed E-state index contributed by atoms with van der Waals surface area (Å²) in [5.74, 6) is 0.516. The third kappa shape index (κ3) is 3.86. The van der Waals surface area contributed by atoms with E-state index in [1.54, 1.807) is 35.8 Å². The van der Waals surface area contributed by atoms with Crippen molar-refractivity contribution in [1.29, 1.82) is 0 Å². The second kappa shape index (κ2) is 8.01. The molecule has 0 fully saturated rings. The molecule has 1 heterocycles. The predicted molar refractivity (Wildman–Crippen MR) is 106 cm³/mol. The van der Waals surface area contributed by atoms with Gasteiger partial charge in [0, 0.05) is 11.9 Å². The van der Waals surface area contributed by atoms with Crippen LogP contribution in [0.25, 0.3) is 11.3 Å². The Morgan fingerprint density at radius 1 is 1.19 bits per heavy atom. The van der Waals surface area contributed by atoms with Crippen LogP contribution in [0.4, 0.5) is 0 Å². The van der Waals surface area contributed by atoms with Gasteiger partial charge in [-0.15, -0.1) is 16.4 Å². The van der Waals surface area contributed by atoms with E-state index < -0.39 is 0 Å². The minimum absolute atomic E-state index is 0.103. The Morgan fingerprint density at radius 3 is 2.65 bits per heavy atom. The first-order chi connectivity index (χ1) is 12.6. The van der Waals surface area contributed by atoms with Crippen LogP contribution in [0.15, 0.2) is 58.0 Å². The summed E-state index contributed by atoms with van der Waals surface area (Å²) in [7, 11) is 1.52. The molecule has 0 spiro atoms. The summed E-state index contributed by atoms with van der Waals surface area (Å²) in [4.78, 5) is 0.838. The fourth-order valence-corrected chi connectivity index (χ4v) is 3.52. The van der Waals surface area contributed by atoms with Crippen molar-refractivity contribution in [2.24, 2.45) is 10.2 Å². The SMILES string of the molecule is CCn1c(-c2ccc(C)cc2)csc1=N/N=C/c1ccc(O)c(OC)c1. The van der Waals surface area contributed by atoms with Crippen LogP contribution in [0.2, 0.25) is 0 Å². The van der Waals surface area contributed by atoms with Gasteiger partial charge >= 0.3 is 0 Å². The summed E-state index contributed by atoms with van der Waals surface area (Å²) in [5, 5.41) is 20.3. The van der Waals surface area contributed by atoms with Gasteiger partial charge in [0.1, 0.15) is 0 Å². The van der Waals surface area contributed by atoms with Gasteiger partial charge in [-0.2, -0.15) is 5.10 Å². The standard InChI is InChI=1S/C20H21N3O2S/c1-4-23-17(16-8-5-14(2)6-9-16)13-26-20(23)22-21-12-15-7-10-18(24)19(11-15)25-3/h5-13,24H,4H2,1-3H3/b21-12+,22-20?. The number of methoxy groups -OCH3 is 1. The number of aromatic hydroxyl groups is 1. The molecule has 3 rings (SSSR count). The van der Waals surface area contributed by atoms with Gasteiger partial charge < -0.3 is 14.4 Å². The van der Waals surface area contributed by atoms with E-state index in [0.29, 0.717) is 5.75 Å². The van der Waals surface area contributed by atoms with Gasteiger partial charge in [-0.1, -0.05) is 29.8 Å². The lowest BCUT2D eigenvalue weighted by molar-refractivity contribution is 0.373. The van der Waals surface area contributed by atoms with Crippen molar-refractivity contribution in [3.63, 3.8) is 0 Å². The Hall–Kier alpha value is -2.86. The van der Waals surface area contributed by atoms with E-state index in [-0.39, 0.29) is 5.75 Å². The average Bonchev–Trinajstić information content (AvgIpc) is 3.06. The van der Waals surface area contributed by atoms with Gasteiger partial charge in [0.15, 0.2) is 11.5 Å². The Bertz CT molecular complexity index is 985. The van der Waals surface area contributed by atoms with Crippen molar-refractivity contribution in [2.45, 2.75) is 20.4 Å². The summed E-state index contributed by atoms with van der Waals surface area (Å²) in [6, 6.07) is 13.5. The smallest absolute Gasteiger partial charge is 0.211 e. The molecule has 0 saturated heterocycles. The number of nitrogens with zero attached hydrogens (tertiary/aromatic N) is 3. The zero-order valence-corrected chi connectivity index (χ0v) is 15.8. The maximum Gasteiger partial charge on any atom is 0.211 e. The molecule has 0 unspecified atom stereocenters. The van der Waals surface area contributed by atoms with Crippen molar-refractivity contribution in [3.05, 3.63) is 63.8 Å². The number of phenols is 1. The van der Waals surface area contributed by atoms with Crippen LogP contribution in [0, 0.1) is 6.92 Å². The van der Waals surface area contributed by atoms with Crippen LogP contribution in [0.3, 0.4) is 0 Å². The third-order valence-corrected chi connectivity index (χ3v) is 4.87. The van der Waals surface area contributed by atoms with E-state index >= 15 is 0 Å². The van der Waals surface area contributed by atoms with Gasteiger partial charge in [0.05, 0.1) is 19.0 Å². The number of aryl methyl sites for hydroxylation is 1. The van der Waals surface area contributed by atoms with Gasteiger partial charge in [-0.25, -0.2) is 0 Å². The molecule has 6 heteroatoms. The number of hydrogen-bond acceptors (Lipinski definition) is 5. The minimum atomic E-state index is 0.103. The number of phenolic OH excluding ortho intramolecular Hbond substituents is 1. The Kier molecular flexibility index (Phi) is 5.53. The molecule has 1 aromatic heterocycles. The Morgan fingerprint density at radius 2 is 1.96 bits per heavy atom. The summed E-state index contributed by atoms with van der Waals surface area (Å²) < 4.78 is 7.25. The van der Waals surface area contributed by atoms with Gasteiger partial charge in [0.2, 0.25) is 4.80 Å². The normalized spacial score (nSPS) is 12.0. The van der Waals surface area contributed by atoms with Crippen molar-refractivity contribution in [2.75, 3.05) is 7.11 Å². The molecule has 0 atom stereocenters. The molecule has 0 amide bonds. The fraction of sp³-hybridized carbons (Fsp3) is 0.200. The highest BCUT2D eigenvalue weighted by Crippen LogP contribution is 2.25. The van der Waals surface area contributed by atoms with Crippen molar-refractivity contribution in [3.8, 4) is 22.8 Å². The lowest BCUT2D eigenvalue weighted by Crippen LogP contribution is -2.14. The largest absolute Gasteiger partial charge is 0.504 e. The van der Waals surface area contributed by atoms with Crippen LogP contribution in [-0.2, 0) is 6.54 Å².